The van der Waals surface area contributed by atoms with Crippen LogP contribution in [0, 0.1) is 11.7 Å². The predicted molar refractivity (Wildman–Crippen MR) is 104 cm³/mol. The molecule has 0 radical (unpaired) electrons. The van der Waals surface area contributed by atoms with Crippen LogP contribution < -0.4 is 5.32 Å². The van der Waals surface area contributed by atoms with Crippen LogP contribution in [0.1, 0.15) is 22.5 Å². The van der Waals surface area contributed by atoms with Crippen molar-refractivity contribution in [2.24, 2.45) is 5.92 Å². The van der Waals surface area contributed by atoms with Crippen LogP contribution in [0.5, 0.6) is 0 Å². The molecule has 0 saturated carbocycles. The summed E-state index contributed by atoms with van der Waals surface area (Å²) in [7, 11) is 0. The van der Waals surface area contributed by atoms with Gasteiger partial charge in [0, 0.05) is 32.0 Å². The Kier molecular flexibility index (Phi) is 5.33. The highest BCUT2D eigenvalue weighted by molar-refractivity contribution is 5.92. The monoisotopic (exact) mass is 393 g/mol. The number of aromatic nitrogens is 3. The standard InChI is InChI=1S/C21H20FN5O2/c22-17-6-4-5-15(9-17)12-26-13-16(10-20(26)28)11-23-21(29)19-14-27(25-24-19)18-7-2-1-3-8-18/h1-9,14,16H,10-13H2,(H,23,29). The van der Waals surface area contributed by atoms with Crippen LogP contribution >= 0.6 is 0 Å². The molecule has 1 saturated heterocycles. The number of nitrogens with one attached hydrogen (secondary N) is 1. The molecule has 0 aliphatic carbocycles. The third-order valence-electron chi connectivity index (χ3n) is 4.86. The smallest absolute Gasteiger partial charge is 0.273 e. The average Bonchev–Trinajstić information content (AvgIpc) is 3.34. The highest BCUT2D eigenvalue weighted by Gasteiger charge is 2.30. The van der Waals surface area contributed by atoms with E-state index in [-0.39, 0.29) is 29.2 Å². The van der Waals surface area contributed by atoms with E-state index in [1.54, 1.807) is 23.2 Å². The fourth-order valence-corrected chi connectivity index (χ4v) is 3.40. The topological polar surface area (TPSA) is 80.1 Å². The minimum absolute atomic E-state index is 0.00327. The minimum Gasteiger partial charge on any atom is -0.350 e. The lowest BCUT2D eigenvalue weighted by Gasteiger charge is -2.17. The first kappa shape index (κ1) is 18.8. The summed E-state index contributed by atoms with van der Waals surface area (Å²) in [5.41, 5.74) is 1.78. The van der Waals surface area contributed by atoms with Gasteiger partial charge in [0.25, 0.3) is 5.91 Å². The maximum absolute atomic E-state index is 13.3. The summed E-state index contributed by atoms with van der Waals surface area (Å²) in [6.45, 7) is 1.25. The maximum Gasteiger partial charge on any atom is 0.273 e. The zero-order valence-electron chi connectivity index (χ0n) is 15.7. The number of rotatable bonds is 6. The Bertz CT molecular complexity index is 1020. The summed E-state index contributed by atoms with van der Waals surface area (Å²) < 4.78 is 14.9. The van der Waals surface area contributed by atoms with Crippen LogP contribution in [0.2, 0.25) is 0 Å². The number of hydrogen-bond donors (Lipinski definition) is 1. The second-order valence-corrected chi connectivity index (χ2v) is 7.07. The van der Waals surface area contributed by atoms with Crippen molar-refractivity contribution in [2.45, 2.75) is 13.0 Å². The van der Waals surface area contributed by atoms with Crippen molar-refractivity contribution in [3.8, 4) is 5.69 Å². The van der Waals surface area contributed by atoms with Crippen molar-refractivity contribution in [2.75, 3.05) is 13.1 Å². The van der Waals surface area contributed by atoms with Crippen molar-refractivity contribution in [3.05, 3.63) is 77.9 Å². The van der Waals surface area contributed by atoms with E-state index in [4.69, 9.17) is 0 Å². The van der Waals surface area contributed by atoms with E-state index < -0.39 is 0 Å². The van der Waals surface area contributed by atoms with Crippen LogP contribution in [0.25, 0.3) is 5.69 Å². The Hall–Kier alpha value is -3.55. The van der Waals surface area contributed by atoms with Gasteiger partial charge in [-0.3, -0.25) is 9.59 Å². The normalized spacial score (nSPS) is 16.2. The van der Waals surface area contributed by atoms with Gasteiger partial charge in [-0.15, -0.1) is 5.10 Å². The summed E-state index contributed by atoms with van der Waals surface area (Å²) in [4.78, 5) is 26.3. The molecule has 29 heavy (non-hydrogen) atoms. The molecule has 2 amide bonds. The highest BCUT2D eigenvalue weighted by atomic mass is 19.1. The summed E-state index contributed by atoms with van der Waals surface area (Å²) >= 11 is 0. The molecule has 4 rings (SSSR count). The number of carbonyl (C=O) groups excluding carboxylic acids is 2. The predicted octanol–water partition coefficient (Wildman–Crippen LogP) is 2.18. The lowest BCUT2D eigenvalue weighted by atomic mass is 10.1. The van der Waals surface area contributed by atoms with Crippen LogP contribution in [0.15, 0.2) is 60.8 Å². The lowest BCUT2D eigenvalue weighted by Crippen LogP contribution is -2.31. The van der Waals surface area contributed by atoms with E-state index in [1.165, 1.54) is 16.8 Å². The third-order valence-corrected chi connectivity index (χ3v) is 4.86. The highest BCUT2D eigenvalue weighted by Crippen LogP contribution is 2.20. The molecule has 8 heteroatoms. The second-order valence-electron chi connectivity index (χ2n) is 7.07. The Morgan fingerprint density at radius 3 is 2.79 bits per heavy atom. The number of likely N-dealkylation sites (tertiary alicyclic amines) is 1. The van der Waals surface area contributed by atoms with Gasteiger partial charge >= 0.3 is 0 Å². The van der Waals surface area contributed by atoms with E-state index >= 15 is 0 Å². The van der Waals surface area contributed by atoms with Gasteiger partial charge in [0.1, 0.15) is 5.82 Å². The number of halogens is 1. The maximum atomic E-state index is 13.3. The molecule has 1 aliphatic heterocycles. The van der Waals surface area contributed by atoms with E-state index in [0.29, 0.717) is 26.1 Å². The molecular weight excluding hydrogens is 373 g/mol. The van der Waals surface area contributed by atoms with Crippen molar-refractivity contribution in [3.63, 3.8) is 0 Å². The molecule has 0 bridgehead atoms. The number of amides is 2. The fraction of sp³-hybridized carbons (Fsp3) is 0.238. The summed E-state index contributed by atoms with van der Waals surface area (Å²) in [5, 5.41) is 10.7. The Balaban J connectivity index is 1.31. The van der Waals surface area contributed by atoms with Gasteiger partial charge in [-0.05, 0) is 29.8 Å². The van der Waals surface area contributed by atoms with Gasteiger partial charge in [0.2, 0.25) is 5.91 Å². The van der Waals surface area contributed by atoms with Gasteiger partial charge in [-0.2, -0.15) is 0 Å². The van der Waals surface area contributed by atoms with E-state index in [1.807, 2.05) is 30.3 Å². The van der Waals surface area contributed by atoms with Gasteiger partial charge in [0.05, 0.1) is 11.9 Å². The first-order chi connectivity index (χ1) is 14.1. The Morgan fingerprint density at radius 2 is 2.00 bits per heavy atom. The molecule has 3 aromatic rings. The van der Waals surface area contributed by atoms with Gasteiger partial charge in [-0.25, -0.2) is 9.07 Å². The number of para-hydroxylation sites is 1. The molecule has 148 valence electrons. The molecule has 2 aromatic carbocycles. The van der Waals surface area contributed by atoms with Gasteiger partial charge in [-0.1, -0.05) is 35.5 Å². The molecule has 2 heterocycles. The summed E-state index contributed by atoms with van der Waals surface area (Å²) in [6, 6.07) is 15.6. The first-order valence-corrected chi connectivity index (χ1v) is 9.36. The summed E-state index contributed by atoms with van der Waals surface area (Å²) in [6.07, 6.45) is 1.92. The van der Waals surface area contributed by atoms with Crippen LogP contribution in [-0.2, 0) is 11.3 Å². The molecule has 1 aromatic heterocycles. The van der Waals surface area contributed by atoms with E-state index in [0.717, 1.165) is 11.3 Å². The van der Waals surface area contributed by atoms with Crippen LogP contribution in [0.4, 0.5) is 4.39 Å². The zero-order chi connectivity index (χ0) is 20.2. The summed E-state index contributed by atoms with van der Waals surface area (Å²) in [5.74, 6) is -0.641. The van der Waals surface area contributed by atoms with Crippen LogP contribution in [0.3, 0.4) is 0 Å². The quantitative estimate of drug-likeness (QED) is 0.696. The molecule has 7 nitrogen and oxygen atoms in total. The van der Waals surface area contributed by atoms with Crippen molar-refractivity contribution >= 4 is 11.8 Å². The first-order valence-electron chi connectivity index (χ1n) is 9.36. The SMILES string of the molecule is O=C(NCC1CC(=O)N(Cc2cccc(F)c2)C1)c1cn(-c2ccccc2)nn1. The molecule has 1 fully saturated rings. The minimum atomic E-state index is -0.330. The van der Waals surface area contributed by atoms with Gasteiger partial charge in [0.15, 0.2) is 5.69 Å². The van der Waals surface area contributed by atoms with Crippen molar-refractivity contribution in [1.29, 1.82) is 0 Å². The third kappa shape index (κ3) is 4.48. The number of carbonyl (C=O) groups is 2. The van der Waals surface area contributed by atoms with Crippen molar-refractivity contribution < 1.29 is 14.0 Å². The number of hydrogen-bond acceptors (Lipinski definition) is 4. The number of benzene rings is 2. The molecule has 1 N–H and O–H groups in total. The molecular formula is C21H20FN5O2. The number of nitrogens with zero attached hydrogens (tertiary/aromatic N) is 4. The fourth-order valence-electron chi connectivity index (χ4n) is 3.40. The van der Waals surface area contributed by atoms with E-state index in [2.05, 4.69) is 15.6 Å². The lowest BCUT2D eigenvalue weighted by molar-refractivity contribution is -0.128. The Morgan fingerprint density at radius 1 is 1.17 bits per heavy atom. The molecule has 1 unspecified atom stereocenters. The molecule has 0 spiro atoms. The van der Waals surface area contributed by atoms with E-state index in [9.17, 15) is 14.0 Å². The average molecular weight is 393 g/mol. The zero-order valence-corrected chi connectivity index (χ0v) is 15.7. The molecule has 1 atom stereocenters. The Labute approximate surface area is 167 Å². The van der Waals surface area contributed by atoms with Crippen molar-refractivity contribution in [1.82, 2.24) is 25.2 Å². The largest absolute Gasteiger partial charge is 0.350 e. The second kappa shape index (κ2) is 8.22. The molecule has 1 aliphatic rings. The van der Waals surface area contributed by atoms with Gasteiger partial charge < -0.3 is 10.2 Å². The van der Waals surface area contributed by atoms with Crippen LogP contribution in [-0.4, -0.2) is 44.8 Å².